The summed E-state index contributed by atoms with van der Waals surface area (Å²) >= 11 is 0. The minimum absolute atomic E-state index is 0.0811. The van der Waals surface area contributed by atoms with Crippen molar-refractivity contribution in [2.24, 2.45) is 0 Å². The van der Waals surface area contributed by atoms with E-state index in [9.17, 15) is 26.4 Å². The number of likely N-dealkylation sites (N-methyl/N-ethyl adjacent to an activating group) is 1. The van der Waals surface area contributed by atoms with Crippen molar-refractivity contribution in [3.63, 3.8) is 0 Å². The van der Waals surface area contributed by atoms with Gasteiger partial charge in [0.25, 0.3) is 16.0 Å². The zero-order chi connectivity index (χ0) is 32.1. The van der Waals surface area contributed by atoms with E-state index in [-0.39, 0.29) is 23.4 Å². The summed E-state index contributed by atoms with van der Waals surface area (Å²) in [4.78, 5) is 17.2. The Bertz CT molecular complexity index is 1810. The van der Waals surface area contributed by atoms with Crippen molar-refractivity contribution >= 4 is 27.4 Å². The van der Waals surface area contributed by atoms with Crippen molar-refractivity contribution in [3.05, 3.63) is 94.4 Å². The number of halogens is 3. The summed E-state index contributed by atoms with van der Waals surface area (Å²) in [6, 6.07) is 14.5. The van der Waals surface area contributed by atoms with Crippen LogP contribution in [0.5, 0.6) is 0 Å². The standard InChI is InChI=1S/C29H27F3N6O.CH4O3S/c1-20-6-7-22(17-21(20)9-11-27-35-34-26-5-3-4-12-38(26)27)28(39)33-24-10-8-23(25(18-24)29(30,31)32)19-37-15-13-36(2)14-16-37;1-5(2,3)4/h3-8,10,12,17-18H,13-16,19H2,1-2H3,(H,33,39);1H3,(H,2,3,4). The molecule has 0 atom stereocenters. The van der Waals surface area contributed by atoms with E-state index in [4.69, 9.17) is 4.55 Å². The topological polar surface area (TPSA) is 120 Å². The lowest BCUT2D eigenvalue weighted by Gasteiger charge is -2.33. The van der Waals surface area contributed by atoms with Gasteiger partial charge in [-0.2, -0.15) is 21.6 Å². The molecule has 2 aromatic carbocycles. The molecule has 1 fully saturated rings. The Kier molecular flexibility index (Phi) is 10.1. The van der Waals surface area contributed by atoms with Gasteiger partial charge < -0.3 is 10.2 Å². The number of aromatic nitrogens is 3. The van der Waals surface area contributed by atoms with E-state index in [0.717, 1.165) is 24.7 Å². The second-order valence-corrected chi connectivity index (χ2v) is 11.8. The summed E-state index contributed by atoms with van der Waals surface area (Å²) in [5.74, 6) is 5.95. The number of hydrogen-bond donors (Lipinski definition) is 2. The van der Waals surface area contributed by atoms with E-state index >= 15 is 0 Å². The number of nitrogens with zero attached hydrogens (tertiary/aromatic N) is 5. The molecule has 2 aromatic heterocycles. The number of nitrogens with one attached hydrogen (secondary N) is 1. The van der Waals surface area contributed by atoms with Crippen LogP contribution >= 0.6 is 0 Å². The second-order valence-electron chi connectivity index (χ2n) is 10.4. The number of pyridine rings is 1. The largest absolute Gasteiger partial charge is 0.416 e. The average molecular weight is 629 g/mol. The van der Waals surface area contributed by atoms with Crippen molar-refractivity contribution in [3.8, 4) is 11.8 Å². The predicted molar refractivity (Wildman–Crippen MR) is 160 cm³/mol. The van der Waals surface area contributed by atoms with Crippen molar-refractivity contribution in [1.82, 2.24) is 24.4 Å². The summed E-state index contributed by atoms with van der Waals surface area (Å²) in [6.07, 6.45) is -2.02. The highest BCUT2D eigenvalue weighted by atomic mass is 32.2. The number of rotatable bonds is 4. The molecule has 0 radical (unpaired) electrons. The Labute approximate surface area is 253 Å². The first-order chi connectivity index (χ1) is 20.7. The SMILES string of the molecule is CS(=O)(=O)O.Cc1ccc(C(=O)Nc2ccc(CN3CCN(C)CC3)c(C(F)(F)F)c2)cc1C#Cc1nnc2ccccn12. The first-order valence-electron chi connectivity index (χ1n) is 13.4. The number of piperazine rings is 1. The summed E-state index contributed by atoms with van der Waals surface area (Å²) < 4.78 is 69.4. The van der Waals surface area contributed by atoms with Gasteiger partial charge in [0.1, 0.15) is 0 Å². The average Bonchev–Trinajstić information content (AvgIpc) is 3.36. The van der Waals surface area contributed by atoms with Gasteiger partial charge in [-0.05, 0) is 67.4 Å². The number of fused-ring (bicyclic) bond motifs is 1. The Morgan fingerprint density at radius 1 is 1.02 bits per heavy atom. The molecular weight excluding hydrogens is 597 g/mol. The van der Waals surface area contributed by atoms with E-state index in [1.54, 1.807) is 22.6 Å². The van der Waals surface area contributed by atoms with Crippen molar-refractivity contribution < 1.29 is 30.9 Å². The Balaban J connectivity index is 0.000000818. The maximum absolute atomic E-state index is 13.9. The molecule has 5 rings (SSSR count). The minimum Gasteiger partial charge on any atom is -0.322 e. The first-order valence-corrected chi connectivity index (χ1v) is 15.3. The van der Waals surface area contributed by atoms with E-state index in [2.05, 4.69) is 32.3 Å². The maximum atomic E-state index is 13.9. The van der Waals surface area contributed by atoms with Crippen LogP contribution in [0, 0.1) is 18.8 Å². The van der Waals surface area contributed by atoms with Crippen LogP contribution in [-0.4, -0.2) is 82.8 Å². The van der Waals surface area contributed by atoms with Gasteiger partial charge >= 0.3 is 6.18 Å². The number of hydrogen-bond acceptors (Lipinski definition) is 7. The van der Waals surface area contributed by atoms with E-state index in [0.29, 0.717) is 36.4 Å². The second kappa shape index (κ2) is 13.6. The summed E-state index contributed by atoms with van der Waals surface area (Å²) in [7, 11) is -1.67. The summed E-state index contributed by atoms with van der Waals surface area (Å²) in [5.41, 5.74) is 1.94. The fourth-order valence-corrected chi connectivity index (χ4v) is 4.45. The zero-order valence-electron chi connectivity index (χ0n) is 24.3. The molecule has 1 aliphatic heterocycles. The lowest BCUT2D eigenvalue weighted by molar-refractivity contribution is -0.138. The van der Waals surface area contributed by atoms with Gasteiger partial charge in [0.2, 0.25) is 5.82 Å². The Morgan fingerprint density at radius 3 is 2.41 bits per heavy atom. The van der Waals surface area contributed by atoms with Gasteiger partial charge in [-0.3, -0.25) is 18.6 Å². The predicted octanol–water partition coefficient (Wildman–Crippen LogP) is 3.96. The molecule has 0 bridgehead atoms. The molecular formula is C30H31F3N6O4S. The van der Waals surface area contributed by atoms with E-state index < -0.39 is 27.8 Å². The van der Waals surface area contributed by atoms with Crippen molar-refractivity contribution in [1.29, 1.82) is 0 Å². The Hall–Kier alpha value is -4.29. The summed E-state index contributed by atoms with van der Waals surface area (Å²) in [6.45, 7) is 5.11. The monoisotopic (exact) mass is 628 g/mol. The lowest BCUT2D eigenvalue weighted by Crippen LogP contribution is -2.44. The fraction of sp³-hybridized carbons (Fsp3) is 0.300. The number of benzene rings is 2. The number of amides is 1. The molecule has 0 unspecified atom stereocenters. The van der Waals surface area contributed by atoms with Crippen LogP contribution in [0.25, 0.3) is 5.65 Å². The minimum atomic E-state index is -4.54. The third-order valence-corrected chi connectivity index (χ3v) is 6.79. The van der Waals surface area contributed by atoms with Crippen LogP contribution in [0.3, 0.4) is 0 Å². The molecule has 1 saturated heterocycles. The van der Waals surface area contributed by atoms with Gasteiger partial charge in [0, 0.05) is 55.7 Å². The first kappa shape index (κ1) is 32.6. The highest BCUT2D eigenvalue weighted by Gasteiger charge is 2.34. The van der Waals surface area contributed by atoms with Gasteiger partial charge in [-0.1, -0.05) is 24.1 Å². The molecule has 4 aromatic rings. The van der Waals surface area contributed by atoms with Crippen LogP contribution in [0.1, 0.15) is 38.4 Å². The molecule has 2 N–H and O–H groups in total. The Morgan fingerprint density at radius 2 is 1.73 bits per heavy atom. The smallest absolute Gasteiger partial charge is 0.322 e. The highest BCUT2D eigenvalue weighted by molar-refractivity contribution is 7.85. The van der Waals surface area contributed by atoms with E-state index in [1.165, 1.54) is 12.1 Å². The van der Waals surface area contributed by atoms with Gasteiger partial charge in [0.15, 0.2) is 5.65 Å². The molecule has 1 aliphatic rings. The molecule has 1 amide bonds. The number of anilines is 1. The number of aryl methyl sites for hydroxylation is 1. The molecule has 14 heteroatoms. The van der Waals surface area contributed by atoms with Crippen LogP contribution in [0.4, 0.5) is 18.9 Å². The summed E-state index contributed by atoms with van der Waals surface area (Å²) in [5, 5.41) is 10.8. The fourth-order valence-electron chi connectivity index (χ4n) is 4.45. The quantitative estimate of drug-likeness (QED) is 0.258. The molecule has 10 nitrogen and oxygen atoms in total. The third-order valence-electron chi connectivity index (χ3n) is 6.79. The molecule has 0 saturated carbocycles. The molecule has 232 valence electrons. The zero-order valence-corrected chi connectivity index (χ0v) is 25.1. The number of carbonyl (C=O) groups is 1. The molecule has 3 heterocycles. The maximum Gasteiger partial charge on any atom is 0.416 e. The van der Waals surface area contributed by atoms with Crippen LogP contribution < -0.4 is 5.32 Å². The molecule has 0 aliphatic carbocycles. The number of carbonyl (C=O) groups excluding carboxylic acids is 1. The van der Waals surface area contributed by atoms with Gasteiger partial charge in [-0.15, -0.1) is 10.2 Å². The van der Waals surface area contributed by atoms with Crippen molar-refractivity contribution in [2.45, 2.75) is 19.6 Å². The molecule has 44 heavy (non-hydrogen) atoms. The lowest BCUT2D eigenvalue weighted by atomic mass is 10.0. The van der Waals surface area contributed by atoms with Crippen LogP contribution in [0.2, 0.25) is 0 Å². The normalized spacial score (nSPS) is 14.3. The number of alkyl halides is 3. The van der Waals surface area contributed by atoms with Crippen LogP contribution in [0.15, 0.2) is 60.8 Å². The van der Waals surface area contributed by atoms with Gasteiger partial charge in [0.05, 0.1) is 11.8 Å². The van der Waals surface area contributed by atoms with Crippen LogP contribution in [-0.2, 0) is 22.8 Å². The van der Waals surface area contributed by atoms with Crippen molar-refractivity contribution in [2.75, 3.05) is 44.8 Å². The van der Waals surface area contributed by atoms with E-state index in [1.807, 2.05) is 43.3 Å². The van der Waals surface area contributed by atoms with Gasteiger partial charge in [-0.25, -0.2) is 0 Å². The highest BCUT2D eigenvalue weighted by Crippen LogP contribution is 2.34. The third kappa shape index (κ3) is 9.10. The molecule has 0 spiro atoms.